The van der Waals surface area contributed by atoms with E-state index in [1.54, 1.807) is 41.1 Å². The lowest BCUT2D eigenvalue weighted by atomic mass is 10.1. The van der Waals surface area contributed by atoms with Gasteiger partial charge < -0.3 is 4.90 Å². The maximum absolute atomic E-state index is 12.7. The van der Waals surface area contributed by atoms with Crippen LogP contribution in [0.5, 0.6) is 0 Å². The number of rotatable bonds is 3. The maximum atomic E-state index is 12.7. The smallest absolute Gasteiger partial charge is 0.259 e. The zero-order valence-electron chi connectivity index (χ0n) is 12.0. The molecule has 0 unspecified atom stereocenters. The number of nitrogens with zero attached hydrogens (tertiary/aromatic N) is 4. The minimum absolute atomic E-state index is 0.0163. The number of carbonyl (C=O) groups excluding carboxylic acids is 1. The molecule has 0 saturated heterocycles. The highest BCUT2D eigenvalue weighted by Crippen LogP contribution is 2.21. The highest BCUT2D eigenvalue weighted by molar-refractivity contribution is 5.99. The summed E-state index contributed by atoms with van der Waals surface area (Å²) in [6.07, 6.45) is 5.01. The van der Waals surface area contributed by atoms with Gasteiger partial charge in [-0.15, -0.1) is 0 Å². The summed E-state index contributed by atoms with van der Waals surface area (Å²) >= 11 is 0. The second-order valence-corrected chi connectivity index (χ2v) is 4.95. The van der Waals surface area contributed by atoms with Crippen molar-refractivity contribution in [2.45, 2.75) is 13.0 Å². The molecule has 0 fully saturated rings. The molecule has 3 rings (SSSR count). The van der Waals surface area contributed by atoms with E-state index in [-0.39, 0.29) is 11.9 Å². The molecule has 1 aromatic carbocycles. The third kappa shape index (κ3) is 2.38. The Balaban J connectivity index is 1.91. The van der Waals surface area contributed by atoms with Crippen molar-refractivity contribution < 1.29 is 4.79 Å². The highest BCUT2D eigenvalue weighted by atomic mass is 16.2. The molecule has 0 spiro atoms. The van der Waals surface area contributed by atoms with Crippen LogP contribution in [0, 0.1) is 0 Å². The summed E-state index contributed by atoms with van der Waals surface area (Å²) in [4.78, 5) is 18.6. The van der Waals surface area contributed by atoms with E-state index in [2.05, 4.69) is 10.1 Å². The highest BCUT2D eigenvalue weighted by Gasteiger charge is 2.22. The number of hydrogen-bond acceptors (Lipinski definition) is 3. The van der Waals surface area contributed by atoms with Gasteiger partial charge in [0, 0.05) is 19.4 Å². The molecule has 0 aliphatic rings. The predicted octanol–water partition coefficient (Wildman–Crippen LogP) is 2.56. The molecule has 5 heteroatoms. The number of fused-ring (bicyclic) bond motifs is 1. The average Bonchev–Trinajstić information content (AvgIpc) is 2.97. The van der Waals surface area contributed by atoms with Gasteiger partial charge >= 0.3 is 0 Å². The van der Waals surface area contributed by atoms with Crippen molar-refractivity contribution in [2.24, 2.45) is 0 Å². The summed E-state index contributed by atoms with van der Waals surface area (Å²) in [5, 5.41) is 4.16. The van der Waals surface area contributed by atoms with Gasteiger partial charge in [-0.3, -0.25) is 4.79 Å². The van der Waals surface area contributed by atoms with Crippen LogP contribution in [-0.2, 0) is 0 Å². The summed E-state index contributed by atoms with van der Waals surface area (Å²) in [5.41, 5.74) is 2.19. The van der Waals surface area contributed by atoms with Crippen molar-refractivity contribution in [1.29, 1.82) is 0 Å². The molecule has 21 heavy (non-hydrogen) atoms. The van der Waals surface area contributed by atoms with Crippen LogP contribution in [0.3, 0.4) is 0 Å². The Hall–Kier alpha value is -2.69. The van der Waals surface area contributed by atoms with Crippen LogP contribution in [0.4, 0.5) is 0 Å². The van der Waals surface area contributed by atoms with Gasteiger partial charge in [0.05, 0.1) is 12.2 Å². The average molecular weight is 280 g/mol. The molecule has 2 heterocycles. The second-order valence-electron chi connectivity index (χ2n) is 4.95. The first-order chi connectivity index (χ1) is 10.2. The molecular formula is C16H16N4O. The molecule has 0 aliphatic heterocycles. The van der Waals surface area contributed by atoms with Crippen molar-refractivity contribution in [3.63, 3.8) is 0 Å². The lowest BCUT2D eigenvalue weighted by Gasteiger charge is -2.24. The first kappa shape index (κ1) is 13.3. The number of carbonyl (C=O) groups is 1. The largest absolute Gasteiger partial charge is 0.335 e. The van der Waals surface area contributed by atoms with Crippen LogP contribution >= 0.6 is 0 Å². The summed E-state index contributed by atoms with van der Waals surface area (Å²) in [7, 11) is 1.80. The SMILES string of the molecule is C[C@H](c1ccccc1)N(C)C(=O)c1cnn2cccnc12. The zero-order chi connectivity index (χ0) is 14.8. The molecule has 0 radical (unpaired) electrons. The molecule has 0 aliphatic carbocycles. The quantitative estimate of drug-likeness (QED) is 0.741. The van der Waals surface area contributed by atoms with E-state index in [1.807, 2.05) is 37.3 Å². The van der Waals surface area contributed by atoms with Crippen LogP contribution in [0.1, 0.15) is 28.9 Å². The minimum Gasteiger partial charge on any atom is -0.335 e. The molecule has 0 bridgehead atoms. The molecule has 2 aromatic heterocycles. The summed E-state index contributed by atoms with van der Waals surface area (Å²) in [6, 6.07) is 11.7. The molecule has 106 valence electrons. The standard InChI is InChI=1S/C16H16N4O/c1-12(13-7-4-3-5-8-13)19(2)16(21)14-11-18-20-10-6-9-17-15(14)20/h3-12H,1-2H3/t12-/m1/s1. The van der Waals surface area contributed by atoms with Gasteiger partial charge in [-0.05, 0) is 18.6 Å². The van der Waals surface area contributed by atoms with E-state index in [1.165, 1.54) is 0 Å². The maximum Gasteiger partial charge on any atom is 0.259 e. The van der Waals surface area contributed by atoms with Gasteiger partial charge in [-0.1, -0.05) is 30.3 Å². The second kappa shape index (κ2) is 5.36. The third-order valence-corrected chi connectivity index (χ3v) is 3.69. The Kier molecular flexibility index (Phi) is 3.39. The van der Waals surface area contributed by atoms with Crippen molar-refractivity contribution in [1.82, 2.24) is 19.5 Å². The number of aromatic nitrogens is 3. The number of hydrogen-bond donors (Lipinski definition) is 0. The van der Waals surface area contributed by atoms with Crippen LogP contribution in [0.15, 0.2) is 55.0 Å². The molecule has 1 amide bonds. The van der Waals surface area contributed by atoms with Crippen molar-refractivity contribution in [3.8, 4) is 0 Å². The fourth-order valence-corrected chi connectivity index (χ4v) is 2.30. The Morgan fingerprint density at radius 1 is 1.24 bits per heavy atom. The fraction of sp³-hybridized carbons (Fsp3) is 0.188. The molecular weight excluding hydrogens is 264 g/mol. The van der Waals surface area contributed by atoms with E-state index < -0.39 is 0 Å². The van der Waals surface area contributed by atoms with Crippen LogP contribution in [0.25, 0.3) is 5.65 Å². The Morgan fingerprint density at radius 2 is 2.00 bits per heavy atom. The van der Waals surface area contributed by atoms with Crippen LogP contribution in [-0.4, -0.2) is 32.5 Å². The number of amides is 1. The Bertz CT molecular complexity index is 766. The lowest BCUT2D eigenvalue weighted by Crippen LogP contribution is -2.29. The molecule has 1 atom stereocenters. The third-order valence-electron chi connectivity index (χ3n) is 3.69. The van der Waals surface area contributed by atoms with E-state index in [0.717, 1.165) is 5.56 Å². The zero-order valence-corrected chi connectivity index (χ0v) is 12.0. The van der Waals surface area contributed by atoms with Crippen LogP contribution in [0.2, 0.25) is 0 Å². The van der Waals surface area contributed by atoms with Crippen molar-refractivity contribution >= 4 is 11.6 Å². The van der Waals surface area contributed by atoms with E-state index in [0.29, 0.717) is 11.2 Å². The van der Waals surface area contributed by atoms with Crippen LogP contribution < -0.4 is 0 Å². The first-order valence-corrected chi connectivity index (χ1v) is 6.79. The van der Waals surface area contributed by atoms with Gasteiger partial charge in [0.2, 0.25) is 0 Å². The number of benzene rings is 1. The van der Waals surface area contributed by atoms with Gasteiger partial charge in [-0.2, -0.15) is 5.10 Å². The van der Waals surface area contributed by atoms with E-state index in [4.69, 9.17) is 0 Å². The summed E-state index contributed by atoms with van der Waals surface area (Å²) < 4.78 is 1.61. The summed E-state index contributed by atoms with van der Waals surface area (Å²) in [6.45, 7) is 2.01. The summed E-state index contributed by atoms with van der Waals surface area (Å²) in [5.74, 6) is -0.0833. The minimum atomic E-state index is -0.0833. The monoisotopic (exact) mass is 280 g/mol. The molecule has 3 aromatic rings. The van der Waals surface area contributed by atoms with E-state index >= 15 is 0 Å². The molecule has 0 saturated carbocycles. The van der Waals surface area contributed by atoms with Crippen molar-refractivity contribution in [2.75, 3.05) is 7.05 Å². The topological polar surface area (TPSA) is 50.5 Å². The van der Waals surface area contributed by atoms with Gasteiger partial charge in [0.15, 0.2) is 5.65 Å². The Morgan fingerprint density at radius 3 is 2.76 bits per heavy atom. The normalized spacial score (nSPS) is 12.3. The predicted molar refractivity (Wildman–Crippen MR) is 79.9 cm³/mol. The van der Waals surface area contributed by atoms with Gasteiger partial charge in [0.25, 0.3) is 5.91 Å². The lowest BCUT2D eigenvalue weighted by molar-refractivity contribution is 0.0744. The fourth-order valence-electron chi connectivity index (χ4n) is 2.30. The van der Waals surface area contributed by atoms with Gasteiger partial charge in [-0.25, -0.2) is 9.50 Å². The molecule has 5 nitrogen and oxygen atoms in total. The first-order valence-electron chi connectivity index (χ1n) is 6.79. The van der Waals surface area contributed by atoms with E-state index in [9.17, 15) is 4.79 Å². The van der Waals surface area contributed by atoms with Gasteiger partial charge in [0.1, 0.15) is 5.56 Å². The van der Waals surface area contributed by atoms with Crippen molar-refractivity contribution in [3.05, 3.63) is 66.1 Å². The molecule has 0 N–H and O–H groups in total. The Labute approximate surface area is 122 Å².